The van der Waals surface area contributed by atoms with Gasteiger partial charge in [0, 0.05) is 22.7 Å². The molecule has 1 aliphatic rings. The van der Waals surface area contributed by atoms with E-state index >= 15 is 0 Å². The lowest BCUT2D eigenvalue weighted by Gasteiger charge is -2.19. The number of hydrogen-bond donors (Lipinski definition) is 1. The van der Waals surface area contributed by atoms with Crippen LogP contribution < -0.4 is 5.32 Å². The van der Waals surface area contributed by atoms with Gasteiger partial charge in [-0.3, -0.25) is 0 Å². The maximum absolute atomic E-state index is 4.43. The van der Waals surface area contributed by atoms with Gasteiger partial charge >= 0.3 is 0 Å². The highest BCUT2D eigenvalue weighted by molar-refractivity contribution is 7.99. The highest BCUT2D eigenvalue weighted by Crippen LogP contribution is 2.30. The molecule has 1 heterocycles. The molecule has 0 aliphatic heterocycles. The molecule has 4 heteroatoms. The molecule has 0 spiro atoms. The SMILES string of the molecule is CSC1CCCC1Nc1nc(C)cc(C)n1. The minimum Gasteiger partial charge on any atom is -0.350 e. The molecule has 2 rings (SSSR count). The maximum Gasteiger partial charge on any atom is 0.223 e. The molecule has 0 radical (unpaired) electrons. The van der Waals surface area contributed by atoms with Gasteiger partial charge in [0.15, 0.2) is 0 Å². The van der Waals surface area contributed by atoms with Crippen LogP contribution in [0.3, 0.4) is 0 Å². The summed E-state index contributed by atoms with van der Waals surface area (Å²) in [4.78, 5) is 8.87. The second kappa shape index (κ2) is 5.04. The Labute approximate surface area is 101 Å². The van der Waals surface area contributed by atoms with Gasteiger partial charge in [-0.1, -0.05) is 6.42 Å². The fourth-order valence-electron chi connectivity index (χ4n) is 2.33. The molecule has 1 aromatic heterocycles. The van der Waals surface area contributed by atoms with E-state index in [2.05, 4.69) is 21.5 Å². The van der Waals surface area contributed by atoms with Crippen molar-refractivity contribution in [2.45, 2.75) is 44.4 Å². The number of rotatable bonds is 3. The number of aryl methyl sites for hydroxylation is 2. The summed E-state index contributed by atoms with van der Waals surface area (Å²) in [6.45, 7) is 4.03. The van der Waals surface area contributed by atoms with Gasteiger partial charge in [0.2, 0.25) is 5.95 Å². The minimum absolute atomic E-state index is 0.538. The molecule has 1 fully saturated rings. The number of nitrogens with zero attached hydrogens (tertiary/aromatic N) is 2. The van der Waals surface area contributed by atoms with Gasteiger partial charge in [-0.05, 0) is 39.0 Å². The standard InChI is InChI=1S/C12H19N3S/c1-8-7-9(2)14-12(13-8)15-10-5-4-6-11(10)16-3/h7,10-11H,4-6H2,1-3H3,(H,13,14,15). The second-order valence-electron chi connectivity index (χ2n) is 4.43. The molecule has 1 aliphatic carbocycles. The Bertz CT molecular complexity index is 347. The molecule has 0 amide bonds. The van der Waals surface area contributed by atoms with Crippen molar-refractivity contribution in [3.8, 4) is 0 Å². The van der Waals surface area contributed by atoms with E-state index in [0.29, 0.717) is 11.3 Å². The first-order valence-corrected chi connectivity index (χ1v) is 7.09. The Kier molecular flexibility index (Phi) is 3.69. The van der Waals surface area contributed by atoms with E-state index in [9.17, 15) is 0 Å². The van der Waals surface area contributed by atoms with E-state index < -0.39 is 0 Å². The molecule has 0 saturated heterocycles. The van der Waals surface area contributed by atoms with Crippen molar-refractivity contribution in [3.05, 3.63) is 17.5 Å². The Morgan fingerprint density at radius 1 is 1.25 bits per heavy atom. The predicted octanol–water partition coefficient (Wildman–Crippen LogP) is 2.79. The van der Waals surface area contributed by atoms with Gasteiger partial charge < -0.3 is 5.32 Å². The Balaban J connectivity index is 2.08. The summed E-state index contributed by atoms with van der Waals surface area (Å²) < 4.78 is 0. The Hall–Kier alpha value is -0.770. The van der Waals surface area contributed by atoms with Crippen LogP contribution in [0.1, 0.15) is 30.7 Å². The summed E-state index contributed by atoms with van der Waals surface area (Å²) in [6.07, 6.45) is 6.05. The van der Waals surface area contributed by atoms with Crippen LogP contribution in [0.25, 0.3) is 0 Å². The van der Waals surface area contributed by atoms with E-state index in [0.717, 1.165) is 17.3 Å². The number of thioether (sulfide) groups is 1. The summed E-state index contributed by atoms with van der Waals surface area (Å²) in [6, 6.07) is 2.54. The molecule has 16 heavy (non-hydrogen) atoms. The third kappa shape index (κ3) is 2.67. The Morgan fingerprint density at radius 3 is 2.56 bits per heavy atom. The first-order chi connectivity index (χ1) is 7.69. The van der Waals surface area contributed by atoms with E-state index in [1.807, 2.05) is 31.7 Å². The van der Waals surface area contributed by atoms with E-state index in [4.69, 9.17) is 0 Å². The average Bonchev–Trinajstić information content (AvgIpc) is 2.63. The third-order valence-corrected chi connectivity index (χ3v) is 4.22. The summed E-state index contributed by atoms with van der Waals surface area (Å²) in [5.74, 6) is 0.795. The second-order valence-corrected chi connectivity index (χ2v) is 5.51. The monoisotopic (exact) mass is 237 g/mol. The van der Waals surface area contributed by atoms with Crippen LogP contribution in [-0.4, -0.2) is 27.5 Å². The molecule has 2 unspecified atom stereocenters. The normalized spacial score (nSPS) is 24.7. The van der Waals surface area contributed by atoms with Gasteiger partial charge in [-0.2, -0.15) is 11.8 Å². The zero-order valence-corrected chi connectivity index (χ0v) is 11.0. The largest absolute Gasteiger partial charge is 0.350 e. The van der Waals surface area contributed by atoms with Crippen molar-refractivity contribution in [2.24, 2.45) is 0 Å². The summed E-state index contributed by atoms with van der Waals surface area (Å²) in [7, 11) is 0. The van der Waals surface area contributed by atoms with Crippen molar-refractivity contribution >= 4 is 17.7 Å². The van der Waals surface area contributed by atoms with Gasteiger partial charge in [0.25, 0.3) is 0 Å². The minimum atomic E-state index is 0.538. The molecule has 1 aromatic rings. The third-order valence-electron chi connectivity index (χ3n) is 3.05. The summed E-state index contributed by atoms with van der Waals surface area (Å²) >= 11 is 1.95. The molecular weight excluding hydrogens is 218 g/mol. The lowest BCUT2D eigenvalue weighted by Crippen LogP contribution is -2.27. The number of nitrogens with one attached hydrogen (secondary N) is 1. The van der Waals surface area contributed by atoms with Crippen molar-refractivity contribution in [3.63, 3.8) is 0 Å². The molecule has 1 saturated carbocycles. The van der Waals surface area contributed by atoms with Gasteiger partial charge in [0.1, 0.15) is 0 Å². The smallest absolute Gasteiger partial charge is 0.223 e. The van der Waals surface area contributed by atoms with Crippen LogP contribution in [-0.2, 0) is 0 Å². The molecule has 2 atom stereocenters. The van der Waals surface area contributed by atoms with Crippen molar-refractivity contribution in [1.29, 1.82) is 0 Å². The van der Waals surface area contributed by atoms with Gasteiger partial charge in [-0.25, -0.2) is 9.97 Å². The van der Waals surface area contributed by atoms with E-state index in [1.165, 1.54) is 19.3 Å². The molecule has 0 bridgehead atoms. The number of anilines is 1. The highest BCUT2D eigenvalue weighted by Gasteiger charge is 2.26. The Morgan fingerprint density at radius 2 is 1.94 bits per heavy atom. The maximum atomic E-state index is 4.43. The van der Waals surface area contributed by atoms with E-state index in [-0.39, 0.29) is 0 Å². The lowest BCUT2D eigenvalue weighted by molar-refractivity contribution is 0.754. The number of aromatic nitrogens is 2. The first-order valence-electron chi connectivity index (χ1n) is 5.80. The molecule has 88 valence electrons. The van der Waals surface area contributed by atoms with Crippen LogP contribution in [0.2, 0.25) is 0 Å². The molecular formula is C12H19N3S. The molecule has 0 aromatic carbocycles. The van der Waals surface area contributed by atoms with Crippen LogP contribution in [0.5, 0.6) is 0 Å². The predicted molar refractivity (Wildman–Crippen MR) is 70.1 cm³/mol. The quantitative estimate of drug-likeness (QED) is 0.877. The van der Waals surface area contributed by atoms with Crippen LogP contribution in [0, 0.1) is 13.8 Å². The summed E-state index contributed by atoms with van der Waals surface area (Å²) in [5.41, 5.74) is 2.07. The number of hydrogen-bond acceptors (Lipinski definition) is 4. The van der Waals surface area contributed by atoms with Crippen LogP contribution in [0.4, 0.5) is 5.95 Å². The molecule has 3 nitrogen and oxygen atoms in total. The summed E-state index contributed by atoms with van der Waals surface area (Å²) in [5, 5.41) is 4.19. The fourth-order valence-corrected chi connectivity index (χ4v) is 3.26. The van der Waals surface area contributed by atoms with Crippen LogP contribution >= 0.6 is 11.8 Å². The van der Waals surface area contributed by atoms with Gasteiger partial charge in [-0.15, -0.1) is 0 Å². The zero-order valence-electron chi connectivity index (χ0n) is 10.2. The topological polar surface area (TPSA) is 37.8 Å². The van der Waals surface area contributed by atoms with Crippen molar-refractivity contribution in [1.82, 2.24) is 9.97 Å². The average molecular weight is 237 g/mol. The highest BCUT2D eigenvalue weighted by atomic mass is 32.2. The fraction of sp³-hybridized carbons (Fsp3) is 0.667. The zero-order chi connectivity index (χ0) is 11.5. The lowest BCUT2D eigenvalue weighted by atomic mass is 10.2. The first kappa shape index (κ1) is 11.7. The van der Waals surface area contributed by atoms with Crippen molar-refractivity contribution < 1.29 is 0 Å². The molecule has 1 N–H and O–H groups in total. The van der Waals surface area contributed by atoms with Crippen LogP contribution in [0.15, 0.2) is 6.07 Å². The van der Waals surface area contributed by atoms with E-state index in [1.54, 1.807) is 0 Å². The van der Waals surface area contributed by atoms with Crippen molar-refractivity contribution in [2.75, 3.05) is 11.6 Å². The van der Waals surface area contributed by atoms with Gasteiger partial charge in [0.05, 0.1) is 0 Å².